The first-order valence-corrected chi connectivity index (χ1v) is 5.51. The molecule has 0 unspecified atom stereocenters. The van der Waals surface area contributed by atoms with Crippen molar-refractivity contribution in [3.63, 3.8) is 0 Å². The first kappa shape index (κ1) is 12.7. The number of aliphatic imine (C=N–C) groups is 1. The molecule has 1 heterocycles. The topological polar surface area (TPSA) is 88.6 Å². The van der Waals surface area contributed by atoms with Crippen molar-refractivity contribution < 1.29 is 10.0 Å². The third-order valence-corrected chi connectivity index (χ3v) is 2.42. The van der Waals surface area contributed by atoms with Crippen LogP contribution in [-0.4, -0.2) is 21.2 Å². The minimum Gasteiger partial charge on any atom is -0.506 e. The smallest absolute Gasteiger partial charge is 0.271 e. The molecule has 0 fully saturated rings. The highest BCUT2D eigenvalue weighted by atomic mass is 16.6. The van der Waals surface area contributed by atoms with Crippen LogP contribution in [0.4, 0.5) is 11.4 Å². The number of nitrogens with zero attached hydrogens (tertiary/aromatic N) is 3. The summed E-state index contributed by atoms with van der Waals surface area (Å²) in [4.78, 5) is 18.3. The van der Waals surface area contributed by atoms with Gasteiger partial charge >= 0.3 is 0 Å². The average Bonchev–Trinajstić information content (AvgIpc) is 2.37. The Kier molecular flexibility index (Phi) is 3.51. The zero-order valence-electron chi connectivity index (χ0n) is 10.1. The van der Waals surface area contributed by atoms with E-state index in [4.69, 9.17) is 0 Å². The molecular formula is C13H11N3O3. The van der Waals surface area contributed by atoms with Crippen molar-refractivity contribution in [2.75, 3.05) is 0 Å². The summed E-state index contributed by atoms with van der Waals surface area (Å²) in [6.07, 6.45) is 1.45. The highest BCUT2D eigenvalue weighted by molar-refractivity contribution is 5.80. The number of benzene rings is 1. The molecule has 0 saturated carbocycles. The molecule has 0 aliphatic rings. The molecule has 2 rings (SSSR count). The van der Waals surface area contributed by atoms with E-state index in [-0.39, 0.29) is 17.1 Å². The first-order valence-electron chi connectivity index (χ1n) is 5.51. The molecule has 0 aliphatic carbocycles. The van der Waals surface area contributed by atoms with Gasteiger partial charge in [0.05, 0.1) is 16.8 Å². The number of nitro groups is 1. The van der Waals surface area contributed by atoms with Crippen LogP contribution in [0.25, 0.3) is 0 Å². The van der Waals surface area contributed by atoms with Gasteiger partial charge in [-0.1, -0.05) is 6.07 Å². The van der Waals surface area contributed by atoms with Crippen LogP contribution in [-0.2, 0) is 0 Å². The summed E-state index contributed by atoms with van der Waals surface area (Å²) >= 11 is 0. The standard InChI is InChI=1S/C13H11N3O3/c1-9-3-2-4-10(15-9)8-14-12-7-11(16(18)19)5-6-13(12)17/h2-8,17H,1H3/b14-8+. The first-order chi connectivity index (χ1) is 9.06. The molecule has 6 nitrogen and oxygen atoms in total. The second-order valence-corrected chi connectivity index (χ2v) is 3.89. The Hall–Kier alpha value is -2.76. The van der Waals surface area contributed by atoms with E-state index in [9.17, 15) is 15.2 Å². The summed E-state index contributed by atoms with van der Waals surface area (Å²) in [5, 5.41) is 20.2. The normalized spacial score (nSPS) is 10.8. The summed E-state index contributed by atoms with van der Waals surface area (Å²) in [5.74, 6) is -0.116. The predicted molar refractivity (Wildman–Crippen MR) is 71.0 cm³/mol. The van der Waals surface area contributed by atoms with Crippen molar-refractivity contribution in [3.8, 4) is 5.75 Å². The van der Waals surface area contributed by atoms with E-state index < -0.39 is 4.92 Å². The van der Waals surface area contributed by atoms with E-state index in [0.29, 0.717) is 5.69 Å². The number of aromatic nitrogens is 1. The molecule has 1 N–H and O–H groups in total. The van der Waals surface area contributed by atoms with Crippen LogP contribution in [0, 0.1) is 17.0 Å². The molecule has 1 aromatic heterocycles. The van der Waals surface area contributed by atoms with Crippen molar-refractivity contribution in [2.45, 2.75) is 6.92 Å². The molecular weight excluding hydrogens is 246 g/mol. The van der Waals surface area contributed by atoms with Gasteiger partial charge in [-0.15, -0.1) is 0 Å². The number of phenols is 1. The summed E-state index contributed by atoms with van der Waals surface area (Å²) in [7, 11) is 0. The van der Waals surface area contributed by atoms with Crippen molar-refractivity contribution in [2.24, 2.45) is 4.99 Å². The van der Waals surface area contributed by atoms with Gasteiger partial charge in [0.1, 0.15) is 11.4 Å². The van der Waals surface area contributed by atoms with Gasteiger partial charge in [-0.05, 0) is 25.1 Å². The highest BCUT2D eigenvalue weighted by Gasteiger charge is 2.09. The molecule has 0 saturated heterocycles. The van der Waals surface area contributed by atoms with Crippen LogP contribution >= 0.6 is 0 Å². The van der Waals surface area contributed by atoms with Crippen LogP contribution in [0.15, 0.2) is 41.4 Å². The predicted octanol–water partition coefficient (Wildman–Crippen LogP) is 2.75. The quantitative estimate of drug-likeness (QED) is 0.520. The second-order valence-electron chi connectivity index (χ2n) is 3.89. The Labute approximate surface area is 109 Å². The fourth-order valence-electron chi connectivity index (χ4n) is 1.50. The Bertz CT molecular complexity index is 653. The van der Waals surface area contributed by atoms with Gasteiger partial charge in [-0.25, -0.2) is 0 Å². The van der Waals surface area contributed by atoms with Gasteiger partial charge in [0, 0.05) is 17.8 Å². The fourth-order valence-corrected chi connectivity index (χ4v) is 1.50. The third kappa shape index (κ3) is 3.12. The van der Waals surface area contributed by atoms with E-state index >= 15 is 0 Å². The van der Waals surface area contributed by atoms with Crippen molar-refractivity contribution in [3.05, 3.63) is 57.9 Å². The van der Waals surface area contributed by atoms with Gasteiger partial charge in [0.2, 0.25) is 0 Å². The summed E-state index contributed by atoms with van der Waals surface area (Å²) < 4.78 is 0. The van der Waals surface area contributed by atoms with E-state index in [2.05, 4.69) is 9.98 Å². The Balaban J connectivity index is 2.32. The molecule has 0 amide bonds. The molecule has 0 atom stereocenters. The zero-order chi connectivity index (χ0) is 13.8. The van der Waals surface area contributed by atoms with Gasteiger partial charge in [0.25, 0.3) is 5.69 Å². The average molecular weight is 257 g/mol. The van der Waals surface area contributed by atoms with E-state index in [1.165, 1.54) is 24.4 Å². The Morgan fingerprint density at radius 1 is 1.37 bits per heavy atom. The summed E-state index contributed by atoms with van der Waals surface area (Å²) in [5.41, 5.74) is 1.47. The van der Waals surface area contributed by atoms with Gasteiger partial charge in [0.15, 0.2) is 0 Å². The van der Waals surface area contributed by atoms with Crippen LogP contribution in [0.3, 0.4) is 0 Å². The molecule has 96 valence electrons. The molecule has 0 radical (unpaired) electrons. The third-order valence-electron chi connectivity index (χ3n) is 2.42. The lowest BCUT2D eigenvalue weighted by Crippen LogP contribution is -1.89. The van der Waals surface area contributed by atoms with E-state index in [1.807, 2.05) is 19.1 Å². The minimum absolute atomic E-state index is 0.116. The number of aryl methyl sites for hydroxylation is 1. The van der Waals surface area contributed by atoms with Crippen LogP contribution in [0.5, 0.6) is 5.75 Å². The number of rotatable bonds is 3. The van der Waals surface area contributed by atoms with E-state index in [0.717, 1.165) is 5.69 Å². The number of pyridine rings is 1. The maximum Gasteiger partial charge on any atom is 0.271 e. The van der Waals surface area contributed by atoms with Crippen LogP contribution in [0.2, 0.25) is 0 Å². The number of hydrogen-bond acceptors (Lipinski definition) is 5. The number of nitro benzene ring substituents is 1. The van der Waals surface area contributed by atoms with Gasteiger partial charge in [-0.3, -0.25) is 20.1 Å². The number of non-ortho nitro benzene ring substituents is 1. The molecule has 0 bridgehead atoms. The Morgan fingerprint density at radius 3 is 2.84 bits per heavy atom. The molecule has 0 aliphatic heterocycles. The molecule has 19 heavy (non-hydrogen) atoms. The lowest BCUT2D eigenvalue weighted by Gasteiger charge is -1.99. The van der Waals surface area contributed by atoms with Crippen molar-refractivity contribution >= 4 is 17.6 Å². The second kappa shape index (κ2) is 5.26. The zero-order valence-corrected chi connectivity index (χ0v) is 10.1. The lowest BCUT2D eigenvalue weighted by atomic mass is 10.2. The molecule has 1 aromatic carbocycles. The van der Waals surface area contributed by atoms with Gasteiger partial charge < -0.3 is 5.11 Å². The number of phenolic OH excluding ortho intramolecular Hbond substituents is 1. The van der Waals surface area contributed by atoms with Gasteiger partial charge in [-0.2, -0.15) is 0 Å². The maximum atomic E-state index is 10.6. The van der Waals surface area contributed by atoms with Crippen molar-refractivity contribution in [1.29, 1.82) is 0 Å². The van der Waals surface area contributed by atoms with Crippen molar-refractivity contribution in [1.82, 2.24) is 4.98 Å². The largest absolute Gasteiger partial charge is 0.506 e. The molecule has 0 spiro atoms. The van der Waals surface area contributed by atoms with Crippen LogP contribution < -0.4 is 0 Å². The Morgan fingerprint density at radius 2 is 2.16 bits per heavy atom. The minimum atomic E-state index is -0.538. The SMILES string of the molecule is Cc1cccc(/C=N/c2cc([N+](=O)[O-])ccc2O)n1. The lowest BCUT2D eigenvalue weighted by molar-refractivity contribution is -0.384. The maximum absolute atomic E-state index is 10.6. The number of hydrogen-bond donors (Lipinski definition) is 1. The fraction of sp³-hybridized carbons (Fsp3) is 0.0769. The number of aromatic hydroxyl groups is 1. The molecule has 6 heteroatoms. The summed E-state index contributed by atoms with van der Waals surface area (Å²) in [6, 6.07) is 9.11. The molecule has 2 aromatic rings. The van der Waals surface area contributed by atoms with E-state index in [1.54, 1.807) is 6.07 Å². The monoisotopic (exact) mass is 257 g/mol. The van der Waals surface area contributed by atoms with Crippen LogP contribution in [0.1, 0.15) is 11.4 Å². The summed E-state index contributed by atoms with van der Waals surface area (Å²) in [6.45, 7) is 1.85. The highest BCUT2D eigenvalue weighted by Crippen LogP contribution is 2.30.